The van der Waals surface area contributed by atoms with Crippen LogP contribution in [-0.4, -0.2) is 0 Å². The lowest BCUT2D eigenvalue weighted by Gasteiger charge is -1.98. The van der Waals surface area contributed by atoms with Crippen LogP contribution >= 0.6 is 0 Å². The Hall–Kier alpha value is -2.02. The van der Waals surface area contributed by atoms with E-state index in [4.69, 9.17) is 13.6 Å². The van der Waals surface area contributed by atoms with Crippen molar-refractivity contribution >= 4 is 0 Å². The Balaban J connectivity index is 1.96. The zero-order chi connectivity index (χ0) is 12.4. The van der Waals surface area contributed by atoms with Gasteiger partial charge in [0, 0.05) is 0 Å². The molecule has 7 heteroatoms. The number of hydrogen-bond donors (Lipinski definition) is 0. The molecule has 0 amide bonds. The Morgan fingerprint density at radius 1 is 0.824 bits per heavy atom. The van der Waals surface area contributed by atoms with Crippen molar-refractivity contribution in [2.75, 3.05) is 0 Å². The van der Waals surface area contributed by atoms with Crippen LogP contribution in [-0.2, 0) is 18.0 Å². The monoisotopic (exact) mass is 242 g/mol. The molecule has 0 unspecified atom stereocenters. The molecule has 0 saturated heterocycles. The predicted octanol–water partition coefficient (Wildman–Crippen LogP) is 1.11. The largest absolute Gasteiger partial charge is 0.519 e. The van der Waals surface area contributed by atoms with Gasteiger partial charge in [-0.05, 0) is 13.8 Å². The summed E-state index contributed by atoms with van der Waals surface area (Å²) in [5, 5.41) is 0. The second-order valence-electron chi connectivity index (χ2n) is 3.36. The Morgan fingerprint density at radius 3 is 1.53 bits per heavy atom. The summed E-state index contributed by atoms with van der Waals surface area (Å²) in [6, 6.07) is 0. The SMILES string of the molecule is Cc1oc(=O)oc1COCc1oc(=O)oc1C. The maximum Gasteiger partial charge on any atom is 0.519 e. The second-order valence-corrected chi connectivity index (χ2v) is 3.36. The first-order valence-electron chi connectivity index (χ1n) is 4.83. The van der Waals surface area contributed by atoms with Crippen molar-refractivity contribution in [3.05, 3.63) is 44.3 Å². The molecule has 0 bridgehead atoms. The van der Waals surface area contributed by atoms with Gasteiger partial charge in [0.05, 0.1) is 0 Å². The van der Waals surface area contributed by atoms with Crippen molar-refractivity contribution in [2.45, 2.75) is 27.1 Å². The molecule has 2 aromatic rings. The Morgan fingerprint density at radius 2 is 1.24 bits per heavy atom. The van der Waals surface area contributed by atoms with E-state index in [0.29, 0.717) is 23.0 Å². The Kier molecular flexibility index (Phi) is 3.01. The summed E-state index contributed by atoms with van der Waals surface area (Å²) in [6.45, 7) is 3.28. The Bertz CT molecular complexity index is 555. The van der Waals surface area contributed by atoms with Gasteiger partial charge in [0.1, 0.15) is 24.7 Å². The lowest BCUT2D eigenvalue weighted by Crippen LogP contribution is -1.95. The Labute approximate surface area is 94.6 Å². The molecule has 0 aliphatic rings. The maximum absolute atomic E-state index is 10.7. The van der Waals surface area contributed by atoms with Gasteiger partial charge < -0.3 is 22.4 Å². The molecule has 17 heavy (non-hydrogen) atoms. The van der Waals surface area contributed by atoms with E-state index in [1.165, 1.54) is 0 Å². The number of aryl methyl sites for hydroxylation is 2. The van der Waals surface area contributed by atoms with E-state index >= 15 is 0 Å². The van der Waals surface area contributed by atoms with Crippen molar-refractivity contribution in [3.63, 3.8) is 0 Å². The van der Waals surface area contributed by atoms with E-state index in [2.05, 4.69) is 8.83 Å². The van der Waals surface area contributed by atoms with E-state index in [-0.39, 0.29) is 13.2 Å². The lowest BCUT2D eigenvalue weighted by molar-refractivity contribution is 0.0778. The zero-order valence-electron chi connectivity index (χ0n) is 9.27. The molecule has 2 heterocycles. The molecule has 0 aliphatic carbocycles. The molecule has 0 N–H and O–H groups in total. The first-order valence-corrected chi connectivity index (χ1v) is 4.83. The molecule has 0 fully saturated rings. The molecule has 0 spiro atoms. The molecule has 0 radical (unpaired) electrons. The molecular formula is C10H10O7. The number of ether oxygens (including phenoxy) is 1. The van der Waals surface area contributed by atoms with Crippen molar-refractivity contribution in [2.24, 2.45) is 0 Å². The summed E-state index contributed by atoms with van der Waals surface area (Å²) < 4.78 is 24.0. The second kappa shape index (κ2) is 4.46. The van der Waals surface area contributed by atoms with Crippen LogP contribution in [0.3, 0.4) is 0 Å². The number of hydrogen-bond acceptors (Lipinski definition) is 7. The van der Waals surface area contributed by atoms with Crippen molar-refractivity contribution in [1.82, 2.24) is 0 Å². The minimum atomic E-state index is -0.771. The molecule has 0 saturated carbocycles. The zero-order valence-corrected chi connectivity index (χ0v) is 9.27. The summed E-state index contributed by atoms with van der Waals surface area (Å²) in [5.41, 5.74) is 0. The summed E-state index contributed by atoms with van der Waals surface area (Å²) in [6.07, 6.45) is 0. The van der Waals surface area contributed by atoms with E-state index in [0.717, 1.165) is 0 Å². The lowest BCUT2D eigenvalue weighted by atomic mass is 10.4. The van der Waals surface area contributed by atoms with Crippen LogP contribution in [0.4, 0.5) is 0 Å². The third-order valence-corrected chi connectivity index (χ3v) is 2.14. The fourth-order valence-corrected chi connectivity index (χ4v) is 1.25. The molecule has 0 aromatic carbocycles. The fraction of sp³-hybridized carbons (Fsp3) is 0.400. The van der Waals surface area contributed by atoms with Crippen LogP contribution in [0.25, 0.3) is 0 Å². The van der Waals surface area contributed by atoms with Gasteiger partial charge in [0.2, 0.25) is 0 Å². The third kappa shape index (κ3) is 2.56. The molecule has 2 rings (SSSR count). The van der Waals surface area contributed by atoms with E-state index in [9.17, 15) is 9.59 Å². The first-order chi connectivity index (χ1) is 8.06. The summed E-state index contributed by atoms with van der Waals surface area (Å²) >= 11 is 0. The van der Waals surface area contributed by atoms with Gasteiger partial charge in [-0.25, -0.2) is 9.59 Å². The first kappa shape index (κ1) is 11.5. The topological polar surface area (TPSA) is 95.9 Å². The van der Waals surface area contributed by atoms with Gasteiger partial charge >= 0.3 is 11.6 Å². The van der Waals surface area contributed by atoms with Crippen LogP contribution in [0.15, 0.2) is 27.3 Å². The average Bonchev–Trinajstić information content (AvgIpc) is 2.71. The third-order valence-electron chi connectivity index (χ3n) is 2.14. The molecule has 0 aliphatic heterocycles. The summed E-state index contributed by atoms with van der Waals surface area (Å²) in [4.78, 5) is 21.5. The van der Waals surface area contributed by atoms with Gasteiger partial charge in [0.15, 0.2) is 11.5 Å². The molecule has 0 atom stereocenters. The quantitative estimate of drug-likeness (QED) is 0.792. The highest BCUT2D eigenvalue weighted by Crippen LogP contribution is 2.10. The fourth-order valence-electron chi connectivity index (χ4n) is 1.25. The van der Waals surface area contributed by atoms with Gasteiger partial charge in [0.25, 0.3) is 0 Å². The normalized spacial score (nSPS) is 10.9. The van der Waals surface area contributed by atoms with Gasteiger partial charge in [-0.2, -0.15) is 0 Å². The minimum Gasteiger partial charge on any atom is -0.396 e. The smallest absolute Gasteiger partial charge is 0.396 e. The van der Waals surface area contributed by atoms with E-state index in [1.54, 1.807) is 13.8 Å². The highest BCUT2D eigenvalue weighted by molar-refractivity contribution is 5.00. The van der Waals surface area contributed by atoms with Crippen LogP contribution < -0.4 is 11.6 Å². The van der Waals surface area contributed by atoms with Crippen LogP contribution in [0.2, 0.25) is 0 Å². The van der Waals surface area contributed by atoms with Crippen LogP contribution in [0, 0.1) is 13.8 Å². The standard InChI is InChI=1S/C10H10O7/c1-5-7(16-9(11)14-5)3-13-4-8-6(2)15-10(12)17-8/h3-4H2,1-2H3. The van der Waals surface area contributed by atoms with E-state index < -0.39 is 11.6 Å². The minimum absolute atomic E-state index is 0.0475. The van der Waals surface area contributed by atoms with Gasteiger partial charge in [-0.1, -0.05) is 0 Å². The summed E-state index contributed by atoms with van der Waals surface area (Å²) in [5.74, 6) is -0.211. The van der Waals surface area contributed by atoms with Gasteiger partial charge in [-0.3, -0.25) is 0 Å². The summed E-state index contributed by atoms with van der Waals surface area (Å²) in [7, 11) is 0. The average molecular weight is 242 g/mol. The molecule has 92 valence electrons. The van der Waals surface area contributed by atoms with Crippen LogP contribution in [0.1, 0.15) is 23.0 Å². The van der Waals surface area contributed by atoms with Crippen LogP contribution in [0.5, 0.6) is 0 Å². The van der Waals surface area contributed by atoms with Crippen molar-refractivity contribution in [1.29, 1.82) is 0 Å². The predicted molar refractivity (Wildman–Crippen MR) is 52.5 cm³/mol. The molecule has 7 nitrogen and oxygen atoms in total. The van der Waals surface area contributed by atoms with Crippen molar-refractivity contribution < 1.29 is 22.4 Å². The van der Waals surface area contributed by atoms with E-state index in [1.807, 2.05) is 0 Å². The van der Waals surface area contributed by atoms with Gasteiger partial charge in [-0.15, -0.1) is 0 Å². The highest BCUT2D eigenvalue weighted by atomic mass is 16.6. The van der Waals surface area contributed by atoms with Crippen molar-refractivity contribution in [3.8, 4) is 0 Å². The molecule has 2 aromatic heterocycles. The highest BCUT2D eigenvalue weighted by Gasteiger charge is 2.11. The number of rotatable bonds is 4. The molecular weight excluding hydrogens is 232 g/mol. The maximum atomic E-state index is 10.7.